The summed E-state index contributed by atoms with van der Waals surface area (Å²) in [5.41, 5.74) is 9.49. The largest absolute Gasteiger partial charge is 0.478 e. The molecule has 1 aromatic heterocycles. The fourth-order valence-electron chi connectivity index (χ4n) is 3.81. The lowest BCUT2D eigenvalue weighted by Crippen LogP contribution is -2.34. The van der Waals surface area contributed by atoms with Gasteiger partial charge < -0.3 is 20.8 Å². The summed E-state index contributed by atoms with van der Waals surface area (Å²) >= 11 is 0. The first-order valence-electron chi connectivity index (χ1n) is 10.5. The van der Waals surface area contributed by atoms with Crippen molar-refractivity contribution in [2.45, 2.75) is 19.3 Å². The molecule has 2 aromatic carbocycles. The quantitative estimate of drug-likeness (QED) is 0.521. The summed E-state index contributed by atoms with van der Waals surface area (Å²) in [6.07, 6.45) is 4.83. The molecule has 0 bridgehead atoms. The Morgan fingerprint density at radius 3 is 2.25 bits per heavy atom. The molecule has 0 saturated carbocycles. The van der Waals surface area contributed by atoms with Crippen molar-refractivity contribution in [3.8, 4) is 0 Å². The van der Waals surface area contributed by atoms with E-state index in [9.17, 15) is 9.59 Å². The minimum Gasteiger partial charge on any atom is -0.478 e. The fraction of sp³-hybridized carbons (Fsp3) is 0.240. The molecule has 32 heavy (non-hydrogen) atoms. The predicted octanol–water partition coefficient (Wildman–Crippen LogP) is 3.99. The zero-order chi connectivity index (χ0) is 22.9. The van der Waals surface area contributed by atoms with Crippen molar-refractivity contribution in [1.29, 1.82) is 0 Å². The number of nitrogen functional groups attached to an aromatic ring is 1. The van der Waals surface area contributed by atoms with Gasteiger partial charge in [-0.2, -0.15) is 0 Å². The number of hydrogen-bond acceptors (Lipinski definition) is 5. The van der Waals surface area contributed by atoms with Gasteiger partial charge in [-0.15, -0.1) is 0 Å². The van der Waals surface area contributed by atoms with Crippen molar-refractivity contribution in [2.75, 3.05) is 23.7 Å². The van der Waals surface area contributed by atoms with E-state index in [0.717, 1.165) is 29.9 Å². The Bertz CT molecular complexity index is 1070. The van der Waals surface area contributed by atoms with Crippen molar-refractivity contribution in [2.24, 2.45) is 5.92 Å². The van der Waals surface area contributed by atoms with Crippen LogP contribution in [0.1, 0.15) is 18.4 Å². The molecule has 0 radical (unpaired) electrons. The van der Waals surface area contributed by atoms with Gasteiger partial charge in [-0.1, -0.05) is 30.3 Å². The van der Waals surface area contributed by atoms with Crippen LogP contribution in [0, 0.1) is 5.92 Å². The summed E-state index contributed by atoms with van der Waals surface area (Å²) in [5.74, 6) is -1.14. The number of rotatable bonds is 5. The summed E-state index contributed by atoms with van der Waals surface area (Å²) in [6, 6.07) is 21.3. The molecule has 2 heterocycles. The number of nitrogens with zero attached hydrogens (tertiary/aromatic N) is 2. The van der Waals surface area contributed by atoms with E-state index in [1.165, 1.54) is 30.5 Å². The van der Waals surface area contributed by atoms with E-state index in [-0.39, 0.29) is 0 Å². The summed E-state index contributed by atoms with van der Waals surface area (Å²) in [7, 11) is 0. The van der Waals surface area contributed by atoms with Gasteiger partial charge >= 0.3 is 11.9 Å². The molecule has 0 aliphatic carbocycles. The lowest BCUT2D eigenvalue weighted by Gasteiger charge is -2.34. The topological polar surface area (TPSA) is 117 Å². The first-order chi connectivity index (χ1) is 15.4. The van der Waals surface area contributed by atoms with Crippen LogP contribution in [0.4, 0.5) is 11.5 Å². The minimum atomic E-state index is -1.26. The van der Waals surface area contributed by atoms with Gasteiger partial charge in [-0.3, -0.25) is 0 Å². The number of hydrogen-bond donors (Lipinski definition) is 3. The molecule has 4 N–H and O–H groups in total. The Balaban J connectivity index is 0.000000312. The average molecular weight is 434 g/mol. The third kappa shape index (κ3) is 6.84. The van der Waals surface area contributed by atoms with E-state index in [2.05, 4.69) is 64.5 Å². The number of fused-ring (bicyclic) bond motifs is 1. The average Bonchev–Trinajstić information content (AvgIpc) is 2.79. The first-order valence-corrected chi connectivity index (χ1v) is 10.5. The number of pyridine rings is 1. The molecule has 1 fully saturated rings. The summed E-state index contributed by atoms with van der Waals surface area (Å²) in [6.45, 7) is 2.26. The maximum absolute atomic E-state index is 9.55. The molecule has 7 heteroatoms. The number of benzene rings is 2. The van der Waals surface area contributed by atoms with E-state index in [4.69, 9.17) is 15.9 Å². The van der Waals surface area contributed by atoms with Crippen molar-refractivity contribution < 1.29 is 19.8 Å². The third-order valence-corrected chi connectivity index (χ3v) is 5.41. The molecule has 0 spiro atoms. The molecular weight excluding hydrogens is 406 g/mol. The highest BCUT2D eigenvalue weighted by atomic mass is 16.4. The van der Waals surface area contributed by atoms with E-state index in [1.54, 1.807) is 0 Å². The number of aromatic nitrogens is 1. The zero-order valence-electron chi connectivity index (χ0n) is 17.7. The summed E-state index contributed by atoms with van der Waals surface area (Å²) < 4.78 is 0. The highest BCUT2D eigenvalue weighted by Crippen LogP contribution is 2.28. The third-order valence-electron chi connectivity index (χ3n) is 5.41. The Kier molecular flexibility index (Phi) is 7.80. The van der Waals surface area contributed by atoms with Gasteiger partial charge in [0, 0.05) is 36.3 Å². The fourth-order valence-corrected chi connectivity index (χ4v) is 3.81. The van der Waals surface area contributed by atoms with E-state index < -0.39 is 11.9 Å². The van der Waals surface area contributed by atoms with Gasteiger partial charge in [-0.05, 0) is 61.1 Å². The highest BCUT2D eigenvalue weighted by Gasteiger charge is 2.20. The van der Waals surface area contributed by atoms with Crippen LogP contribution in [-0.2, 0) is 16.0 Å². The summed E-state index contributed by atoms with van der Waals surface area (Å²) in [5, 5.41) is 16.8. The van der Waals surface area contributed by atoms with Crippen LogP contribution in [0.15, 0.2) is 72.8 Å². The lowest BCUT2D eigenvalue weighted by molar-refractivity contribution is -0.134. The first kappa shape index (κ1) is 22.8. The zero-order valence-corrected chi connectivity index (χ0v) is 17.7. The van der Waals surface area contributed by atoms with Gasteiger partial charge in [0.25, 0.3) is 0 Å². The van der Waals surface area contributed by atoms with Gasteiger partial charge in [-0.25, -0.2) is 14.6 Å². The van der Waals surface area contributed by atoms with Gasteiger partial charge in [0.2, 0.25) is 0 Å². The molecule has 166 valence electrons. The Hall–Kier alpha value is -3.87. The number of nitrogens with two attached hydrogens (primary N) is 1. The van der Waals surface area contributed by atoms with Crippen molar-refractivity contribution in [3.63, 3.8) is 0 Å². The monoisotopic (exact) mass is 433 g/mol. The maximum Gasteiger partial charge on any atom is 0.328 e. The predicted molar refractivity (Wildman–Crippen MR) is 126 cm³/mol. The molecule has 0 unspecified atom stereocenters. The molecule has 0 atom stereocenters. The maximum atomic E-state index is 9.55. The minimum absolute atomic E-state index is 0.558. The highest BCUT2D eigenvalue weighted by molar-refractivity contribution is 5.89. The molecule has 4 rings (SSSR count). The SMILES string of the molecule is Nc1ccc2cc(N3CCC(Cc4ccccc4)CC3)ccc2n1.O=C(O)/C=C\C(=O)O. The molecular formula is C25H27N3O4. The molecule has 7 nitrogen and oxygen atoms in total. The van der Waals surface area contributed by atoms with Crippen molar-refractivity contribution >= 4 is 34.3 Å². The smallest absolute Gasteiger partial charge is 0.328 e. The van der Waals surface area contributed by atoms with Crippen molar-refractivity contribution in [3.05, 3.63) is 78.4 Å². The standard InChI is InChI=1S/C21H23N3.C4H4O4/c22-21-9-6-18-15-19(7-8-20(18)23-21)24-12-10-17(11-13-24)14-16-4-2-1-3-5-16;5-3(6)1-2-4(7)8/h1-9,15,17H,10-14H2,(H2,22,23);1-2H,(H,5,6)(H,7,8)/b;2-1-. The van der Waals surface area contributed by atoms with Crippen LogP contribution >= 0.6 is 0 Å². The number of carboxylic acid groups (broad SMARTS) is 2. The molecule has 1 saturated heterocycles. The normalized spacial score (nSPS) is 14.2. The number of anilines is 2. The molecule has 1 aliphatic heterocycles. The van der Waals surface area contributed by atoms with Crippen LogP contribution in [0.5, 0.6) is 0 Å². The van der Waals surface area contributed by atoms with Gasteiger partial charge in [0.1, 0.15) is 5.82 Å². The second-order valence-electron chi connectivity index (χ2n) is 7.74. The molecule has 1 aliphatic rings. The van der Waals surface area contributed by atoms with Crippen LogP contribution in [0.2, 0.25) is 0 Å². The van der Waals surface area contributed by atoms with Gasteiger partial charge in [0.05, 0.1) is 5.52 Å². The van der Waals surface area contributed by atoms with Crippen LogP contribution in [-0.4, -0.2) is 40.2 Å². The van der Waals surface area contributed by atoms with Crippen LogP contribution in [0.25, 0.3) is 10.9 Å². The van der Waals surface area contributed by atoms with Gasteiger partial charge in [0.15, 0.2) is 0 Å². The second kappa shape index (κ2) is 10.9. The molecule has 0 amide bonds. The number of aliphatic carboxylic acids is 2. The lowest BCUT2D eigenvalue weighted by atomic mass is 9.90. The number of piperidine rings is 1. The molecule has 3 aromatic rings. The van der Waals surface area contributed by atoms with Crippen molar-refractivity contribution in [1.82, 2.24) is 4.98 Å². The van der Waals surface area contributed by atoms with E-state index in [0.29, 0.717) is 18.0 Å². The number of carbonyl (C=O) groups is 2. The van der Waals surface area contributed by atoms with E-state index in [1.807, 2.05) is 6.07 Å². The van der Waals surface area contributed by atoms with E-state index >= 15 is 0 Å². The Morgan fingerprint density at radius 1 is 0.969 bits per heavy atom. The number of carboxylic acids is 2. The Morgan fingerprint density at radius 2 is 1.62 bits per heavy atom. The summed E-state index contributed by atoms with van der Waals surface area (Å²) in [4.78, 5) is 26.0. The van der Waals surface area contributed by atoms with Crippen LogP contribution < -0.4 is 10.6 Å². The second-order valence-corrected chi connectivity index (χ2v) is 7.74. The Labute approximate surface area is 186 Å². The van der Waals surface area contributed by atoms with Crippen LogP contribution in [0.3, 0.4) is 0 Å².